The van der Waals surface area contributed by atoms with E-state index in [0.29, 0.717) is 12.0 Å². The Morgan fingerprint density at radius 3 is 2.78 bits per heavy atom. The lowest BCUT2D eigenvalue weighted by Gasteiger charge is -2.31. The van der Waals surface area contributed by atoms with Crippen LogP contribution in [-0.2, 0) is 19.9 Å². The summed E-state index contributed by atoms with van der Waals surface area (Å²) in [6.45, 7) is 0.969. The summed E-state index contributed by atoms with van der Waals surface area (Å²) < 4.78 is 1.95. The number of benzene rings is 2. The van der Waals surface area contributed by atoms with E-state index in [-0.39, 0.29) is 0 Å². The molecule has 0 unspecified atom stereocenters. The van der Waals surface area contributed by atoms with Gasteiger partial charge in [0.1, 0.15) is 0 Å². The minimum atomic E-state index is -0.921. The summed E-state index contributed by atoms with van der Waals surface area (Å²) in [6.07, 6.45) is 6.27. The number of hydrogen-bond donors (Lipinski definition) is 1. The van der Waals surface area contributed by atoms with Crippen LogP contribution in [0.5, 0.6) is 0 Å². The third-order valence-corrected chi connectivity index (χ3v) is 6.55. The maximum atomic E-state index is 11.7. The predicted octanol–water partition coefficient (Wildman–Crippen LogP) is 4.85. The van der Waals surface area contributed by atoms with E-state index in [9.17, 15) is 9.90 Å². The minimum Gasteiger partial charge on any atom is -0.478 e. The number of carbonyl (C=O) groups is 1. The van der Waals surface area contributed by atoms with Crippen molar-refractivity contribution in [2.24, 2.45) is 7.05 Å². The molecule has 4 aromatic rings. The summed E-state index contributed by atoms with van der Waals surface area (Å²) in [5.41, 5.74) is 8.56. The fraction of sp³-hybridized carbons (Fsp3) is 0.192. The average molecular weight is 422 g/mol. The zero-order chi connectivity index (χ0) is 21.8. The van der Waals surface area contributed by atoms with Crippen LogP contribution in [0.2, 0.25) is 0 Å². The molecule has 0 atom stereocenters. The largest absolute Gasteiger partial charge is 0.478 e. The third-order valence-electron chi connectivity index (χ3n) is 6.55. The molecule has 6 nitrogen and oxygen atoms in total. The number of aromatic carboxylic acids is 1. The second-order valence-corrected chi connectivity index (χ2v) is 8.40. The van der Waals surface area contributed by atoms with Crippen LogP contribution in [0.3, 0.4) is 0 Å². The summed E-state index contributed by atoms with van der Waals surface area (Å²) in [5.74, 6) is -0.921. The van der Waals surface area contributed by atoms with E-state index in [1.807, 2.05) is 17.8 Å². The SMILES string of the molecule is Cn1nc(C2=Cc3nccc(C(=O)O)c3C2)c2cccc(N3CCCc4ccccc43)c21. The Hall–Kier alpha value is -3.93. The van der Waals surface area contributed by atoms with Crippen LogP contribution in [0.25, 0.3) is 22.6 Å². The van der Waals surface area contributed by atoms with Crippen LogP contribution in [-0.4, -0.2) is 32.4 Å². The topological polar surface area (TPSA) is 71.2 Å². The highest BCUT2D eigenvalue weighted by atomic mass is 16.4. The van der Waals surface area contributed by atoms with Crippen LogP contribution < -0.4 is 4.90 Å². The van der Waals surface area contributed by atoms with Gasteiger partial charge in [0.15, 0.2) is 0 Å². The van der Waals surface area contributed by atoms with E-state index >= 15 is 0 Å². The molecule has 3 heterocycles. The maximum absolute atomic E-state index is 11.7. The van der Waals surface area contributed by atoms with Crippen molar-refractivity contribution >= 4 is 39.9 Å². The van der Waals surface area contributed by atoms with Crippen molar-refractivity contribution in [3.63, 3.8) is 0 Å². The first kappa shape index (κ1) is 18.8. The van der Waals surface area contributed by atoms with Gasteiger partial charge in [-0.05, 0) is 53.8 Å². The maximum Gasteiger partial charge on any atom is 0.336 e. The van der Waals surface area contributed by atoms with Gasteiger partial charge in [-0.25, -0.2) is 4.79 Å². The van der Waals surface area contributed by atoms with Gasteiger partial charge in [-0.1, -0.05) is 30.3 Å². The van der Waals surface area contributed by atoms with E-state index < -0.39 is 5.97 Å². The minimum absolute atomic E-state index is 0.312. The van der Waals surface area contributed by atoms with E-state index in [2.05, 4.69) is 52.3 Å². The lowest BCUT2D eigenvalue weighted by atomic mass is 9.99. The van der Waals surface area contributed by atoms with Crippen molar-refractivity contribution in [2.45, 2.75) is 19.3 Å². The van der Waals surface area contributed by atoms with Gasteiger partial charge < -0.3 is 10.0 Å². The first-order valence-electron chi connectivity index (χ1n) is 10.8. The van der Waals surface area contributed by atoms with Crippen molar-refractivity contribution in [1.82, 2.24) is 14.8 Å². The molecule has 32 heavy (non-hydrogen) atoms. The zero-order valence-electron chi connectivity index (χ0n) is 17.7. The van der Waals surface area contributed by atoms with Crippen molar-refractivity contribution < 1.29 is 9.90 Å². The molecule has 0 bridgehead atoms. The van der Waals surface area contributed by atoms with Crippen LogP contribution in [0.1, 0.15) is 39.3 Å². The molecule has 6 rings (SSSR count). The molecule has 2 aromatic heterocycles. The quantitative estimate of drug-likeness (QED) is 0.511. The third kappa shape index (κ3) is 2.76. The summed E-state index contributed by atoms with van der Waals surface area (Å²) in [4.78, 5) is 18.5. The summed E-state index contributed by atoms with van der Waals surface area (Å²) >= 11 is 0. The lowest BCUT2D eigenvalue weighted by molar-refractivity contribution is 0.0695. The molecule has 2 aromatic carbocycles. The van der Waals surface area contributed by atoms with Gasteiger partial charge in [-0.2, -0.15) is 5.10 Å². The van der Waals surface area contributed by atoms with Gasteiger partial charge in [0.05, 0.1) is 28.2 Å². The molecule has 0 saturated carbocycles. The number of para-hydroxylation sites is 2. The fourth-order valence-corrected chi connectivity index (χ4v) is 5.13. The number of carboxylic acid groups (broad SMARTS) is 1. The summed E-state index contributed by atoms with van der Waals surface area (Å²) in [6, 6.07) is 16.5. The van der Waals surface area contributed by atoms with Gasteiger partial charge in [0.25, 0.3) is 0 Å². The van der Waals surface area contributed by atoms with E-state index in [0.717, 1.165) is 58.5 Å². The molecule has 2 aliphatic rings. The highest BCUT2D eigenvalue weighted by molar-refractivity contribution is 6.04. The highest BCUT2D eigenvalue weighted by Crippen LogP contribution is 2.40. The predicted molar refractivity (Wildman–Crippen MR) is 125 cm³/mol. The molecule has 1 aliphatic carbocycles. The summed E-state index contributed by atoms with van der Waals surface area (Å²) in [5, 5.41) is 15.5. The monoisotopic (exact) mass is 422 g/mol. The second-order valence-electron chi connectivity index (χ2n) is 8.40. The van der Waals surface area contributed by atoms with E-state index in [1.165, 1.54) is 11.3 Å². The van der Waals surface area contributed by atoms with Gasteiger partial charge in [-0.15, -0.1) is 0 Å². The highest BCUT2D eigenvalue weighted by Gasteiger charge is 2.26. The van der Waals surface area contributed by atoms with Crippen molar-refractivity contribution in [2.75, 3.05) is 11.4 Å². The molecule has 0 radical (unpaired) electrons. The van der Waals surface area contributed by atoms with E-state index in [4.69, 9.17) is 5.10 Å². The van der Waals surface area contributed by atoms with Crippen LogP contribution in [0.4, 0.5) is 11.4 Å². The van der Waals surface area contributed by atoms with Gasteiger partial charge in [0.2, 0.25) is 0 Å². The van der Waals surface area contributed by atoms with Crippen molar-refractivity contribution in [1.29, 1.82) is 0 Å². The molecular formula is C26H22N4O2. The fourth-order valence-electron chi connectivity index (χ4n) is 5.13. The Kier molecular flexibility index (Phi) is 4.15. The molecule has 0 fully saturated rings. The van der Waals surface area contributed by atoms with Crippen LogP contribution in [0.15, 0.2) is 54.7 Å². The van der Waals surface area contributed by atoms with Crippen LogP contribution in [0, 0.1) is 0 Å². The molecule has 0 spiro atoms. The number of rotatable bonds is 3. The Morgan fingerprint density at radius 2 is 1.91 bits per heavy atom. The Morgan fingerprint density at radius 1 is 1.06 bits per heavy atom. The number of nitrogens with zero attached hydrogens (tertiary/aromatic N) is 4. The molecule has 6 heteroatoms. The molecule has 158 valence electrons. The Bertz CT molecular complexity index is 1430. The zero-order valence-corrected chi connectivity index (χ0v) is 17.7. The van der Waals surface area contributed by atoms with Gasteiger partial charge in [-0.3, -0.25) is 9.67 Å². The smallest absolute Gasteiger partial charge is 0.336 e. The van der Waals surface area contributed by atoms with E-state index in [1.54, 1.807) is 12.3 Å². The van der Waals surface area contributed by atoms with Crippen LogP contribution >= 0.6 is 0 Å². The second kappa shape index (κ2) is 7.05. The van der Waals surface area contributed by atoms with Crippen molar-refractivity contribution in [3.05, 3.63) is 82.8 Å². The molecule has 1 aliphatic heterocycles. The van der Waals surface area contributed by atoms with Crippen molar-refractivity contribution in [3.8, 4) is 0 Å². The summed E-state index contributed by atoms with van der Waals surface area (Å²) in [7, 11) is 1.98. The number of hydrogen-bond acceptors (Lipinski definition) is 4. The van der Waals surface area contributed by atoms with Gasteiger partial charge in [0, 0.05) is 37.3 Å². The molecule has 1 N–H and O–H groups in total. The number of aromatic nitrogens is 3. The molecular weight excluding hydrogens is 400 g/mol. The standard InChI is InChI=1S/C26H22N4O2/c1-29-25-19(8-4-10-23(25)30-13-5-7-16-6-2-3-9-22(16)30)24(28-29)17-14-20-18(26(31)32)11-12-27-21(20)15-17/h2-4,6,8-12,15H,5,7,13-14H2,1H3,(H,31,32). The molecule has 0 amide bonds. The number of aryl methyl sites for hydroxylation is 2. The lowest BCUT2D eigenvalue weighted by Crippen LogP contribution is -2.24. The normalized spacial score (nSPS) is 14.9. The number of allylic oxidation sites excluding steroid dienone is 1. The Balaban J connectivity index is 1.48. The molecule has 0 saturated heterocycles. The number of anilines is 2. The number of fused-ring (bicyclic) bond motifs is 3. The first-order valence-corrected chi connectivity index (χ1v) is 10.8. The Labute approximate surface area is 185 Å². The average Bonchev–Trinajstić information content (AvgIpc) is 3.39. The number of pyridine rings is 1. The first-order chi connectivity index (χ1) is 15.6. The van der Waals surface area contributed by atoms with Gasteiger partial charge >= 0.3 is 5.97 Å². The number of carboxylic acids is 1.